The van der Waals surface area contributed by atoms with Crippen LogP contribution in [0.2, 0.25) is 0 Å². The highest BCUT2D eigenvalue weighted by molar-refractivity contribution is 7.93. The Morgan fingerprint density at radius 2 is 2.04 bits per heavy atom. The van der Waals surface area contributed by atoms with Crippen molar-refractivity contribution in [3.8, 4) is 0 Å². The van der Waals surface area contributed by atoms with Gasteiger partial charge in [0.1, 0.15) is 5.82 Å². The van der Waals surface area contributed by atoms with Crippen molar-refractivity contribution in [1.82, 2.24) is 20.2 Å². The molecule has 0 aliphatic heterocycles. The van der Waals surface area contributed by atoms with Gasteiger partial charge in [-0.3, -0.25) is 10.1 Å². The summed E-state index contributed by atoms with van der Waals surface area (Å²) in [6.45, 7) is 0. The number of H-pyrrole nitrogens is 1. The molecular weight excluding hydrogens is 314 g/mol. The third kappa shape index (κ3) is 2.55. The number of aromatic amines is 1. The van der Waals surface area contributed by atoms with Crippen molar-refractivity contribution in [2.24, 2.45) is 0 Å². The predicted molar refractivity (Wildman–Crippen MR) is 85.5 cm³/mol. The van der Waals surface area contributed by atoms with Crippen LogP contribution in [0.4, 0.5) is 5.95 Å². The molecule has 0 atom stereocenters. The number of nitrogens with one attached hydrogen (secondary N) is 2. The van der Waals surface area contributed by atoms with Gasteiger partial charge in [0.25, 0.3) is 16.0 Å². The molecule has 1 aliphatic carbocycles. The van der Waals surface area contributed by atoms with Gasteiger partial charge in [0.2, 0.25) is 0 Å². The molecule has 1 saturated carbocycles. The van der Waals surface area contributed by atoms with E-state index in [9.17, 15) is 8.42 Å². The van der Waals surface area contributed by atoms with Crippen LogP contribution >= 0.6 is 0 Å². The minimum Gasteiger partial charge on any atom is -0.261 e. The van der Waals surface area contributed by atoms with Crippen molar-refractivity contribution in [2.75, 3.05) is 4.72 Å². The van der Waals surface area contributed by atoms with E-state index in [4.69, 9.17) is 0 Å². The Balaban J connectivity index is 1.68. The fourth-order valence-corrected chi connectivity index (χ4v) is 3.83. The van der Waals surface area contributed by atoms with Gasteiger partial charge >= 0.3 is 0 Å². The van der Waals surface area contributed by atoms with Crippen molar-refractivity contribution >= 4 is 26.9 Å². The fourth-order valence-electron chi connectivity index (χ4n) is 2.67. The number of nitrogens with zero attached hydrogens (tertiary/aromatic N) is 3. The van der Waals surface area contributed by atoms with Crippen LogP contribution in [0.15, 0.2) is 41.4 Å². The van der Waals surface area contributed by atoms with Crippen LogP contribution in [0.25, 0.3) is 10.9 Å². The zero-order valence-corrected chi connectivity index (χ0v) is 13.0. The molecule has 1 fully saturated rings. The molecule has 8 heteroatoms. The number of rotatable bonds is 4. The van der Waals surface area contributed by atoms with Gasteiger partial charge in [-0.15, -0.1) is 5.10 Å². The normalized spacial score (nSPS) is 15.5. The smallest absolute Gasteiger partial charge is 0.261 e. The van der Waals surface area contributed by atoms with E-state index in [1.54, 1.807) is 36.5 Å². The number of benzene rings is 1. The first kappa shape index (κ1) is 14.1. The van der Waals surface area contributed by atoms with E-state index in [2.05, 4.69) is 24.9 Å². The second-order valence-corrected chi connectivity index (χ2v) is 7.25. The second kappa shape index (κ2) is 5.31. The lowest BCUT2D eigenvalue weighted by molar-refractivity contribution is 0.402. The highest BCUT2D eigenvalue weighted by Gasteiger charge is 2.25. The molecule has 118 valence electrons. The molecule has 2 aromatic heterocycles. The van der Waals surface area contributed by atoms with Gasteiger partial charge in [0.05, 0.1) is 10.4 Å². The summed E-state index contributed by atoms with van der Waals surface area (Å²) in [5, 5.41) is 7.35. The van der Waals surface area contributed by atoms with Crippen LogP contribution in [0.1, 0.15) is 31.0 Å². The van der Waals surface area contributed by atoms with Gasteiger partial charge in [0, 0.05) is 17.5 Å². The van der Waals surface area contributed by atoms with Crippen LogP contribution in [0, 0.1) is 0 Å². The van der Waals surface area contributed by atoms with Crippen molar-refractivity contribution in [3.05, 3.63) is 42.4 Å². The molecule has 4 rings (SSSR count). The first-order chi connectivity index (χ1) is 11.1. The van der Waals surface area contributed by atoms with Gasteiger partial charge in [-0.2, -0.15) is 4.98 Å². The maximum absolute atomic E-state index is 12.6. The summed E-state index contributed by atoms with van der Waals surface area (Å²) in [7, 11) is -3.78. The molecule has 0 spiro atoms. The Bertz CT molecular complexity index is 957. The minimum absolute atomic E-state index is 0.0767. The quantitative estimate of drug-likeness (QED) is 0.765. The third-order valence-electron chi connectivity index (χ3n) is 4.12. The average molecular weight is 329 g/mol. The maximum atomic E-state index is 12.6. The van der Waals surface area contributed by atoms with Crippen LogP contribution in [-0.2, 0) is 10.0 Å². The predicted octanol–water partition coefficient (Wildman–Crippen LogP) is 2.42. The van der Waals surface area contributed by atoms with E-state index in [-0.39, 0.29) is 10.8 Å². The highest BCUT2D eigenvalue weighted by atomic mass is 32.2. The van der Waals surface area contributed by atoms with E-state index >= 15 is 0 Å². The fraction of sp³-hybridized carbons (Fsp3) is 0.267. The average Bonchev–Trinajstić information content (AvgIpc) is 2.92. The zero-order valence-electron chi connectivity index (χ0n) is 12.2. The molecule has 23 heavy (non-hydrogen) atoms. The summed E-state index contributed by atoms with van der Waals surface area (Å²) < 4.78 is 27.7. The molecule has 2 N–H and O–H groups in total. The number of anilines is 1. The molecule has 3 aromatic rings. The van der Waals surface area contributed by atoms with Crippen molar-refractivity contribution in [1.29, 1.82) is 0 Å². The Labute approximate surface area is 133 Å². The molecule has 1 aromatic carbocycles. The lowest BCUT2D eigenvalue weighted by Gasteiger charge is -2.22. The van der Waals surface area contributed by atoms with Crippen molar-refractivity contribution < 1.29 is 8.42 Å². The zero-order chi connectivity index (χ0) is 15.9. The largest absolute Gasteiger partial charge is 0.264 e. The highest BCUT2D eigenvalue weighted by Crippen LogP contribution is 2.34. The molecule has 0 bridgehead atoms. The summed E-state index contributed by atoms with van der Waals surface area (Å²) in [5.74, 6) is 1.18. The van der Waals surface area contributed by atoms with Crippen LogP contribution in [0.3, 0.4) is 0 Å². The molecule has 0 unspecified atom stereocenters. The lowest BCUT2D eigenvalue weighted by atomic mass is 9.85. The summed E-state index contributed by atoms with van der Waals surface area (Å²) in [6.07, 6.45) is 4.94. The lowest BCUT2D eigenvalue weighted by Crippen LogP contribution is -2.15. The molecular formula is C15H15N5O2S. The van der Waals surface area contributed by atoms with Crippen LogP contribution in [0.5, 0.6) is 0 Å². The number of hydrogen-bond donors (Lipinski definition) is 2. The van der Waals surface area contributed by atoms with Gasteiger partial charge in [-0.1, -0.05) is 12.5 Å². The van der Waals surface area contributed by atoms with E-state index in [0.29, 0.717) is 16.8 Å². The number of fused-ring (bicyclic) bond motifs is 1. The first-order valence-electron chi connectivity index (χ1n) is 7.42. The maximum Gasteiger partial charge on any atom is 0.264 e. The second-order valence-electron chi connectivity index (χ2n) is 5.60. The molecule has 2 heterocycles. The van der Waals surface area contributed by atoms with Crippen LogP contribution < -0.4 is 4.72 Å². The Kier molecular flexibility index (Phi) is 3.26. The third-order valence-corrected chi connectivity index (χ3v) is 5.50. The first-order valence-corrected chi connectivity index (χ1v) is 8.91. The topological polar surface area (TPSA) is 101 Å². The van der Waals surface area contributed by atoms with Gasteiger partial charge in [0.15, 0.2) is 0 Å². The minimum atomic E-state index is -3.78. The standard InChI is InChI=1S/C15H15N5O2S/c21-23(22,13-8-2-7-12-11(13)6-3-9-16-12)20-15-17-14(18-19-15)10-4-1-5-10/h2-3,6-10H,1,4-5H2,(H2,17,18,19,20). The van der Waals surface area contributed by atoms with Crippen molar-refractivity contribution in [2.45, 2.75) is 30.1 Å². The molecule has 0 saturated heterocycles. The van der Waals surface area contributed by atoms with Gasteiger partial charge in [-0.25, -0.2) is 13.1 Å². The summed E-state index contributed by atoms with van der Waals surface area (Å²) >= 11 is 0. The van der Waals surface area contributed by atoms with E-state index in [1.165, 1.54) is 6.42 Å². The monoisotopic (exact) mass is 329 g/mol. The van der Waals surface area contributed by atoms with Crippen molar-refractivity contribution in [3.63, 3.8) is 0 Å². The molecule has 7 nitrogen and oxygen atoms in total. The van der Waals surface area contributed by atoms with E-state index in [0.717, 1.165) is 18.7 Å². The summed E-state index contributed by atoms with van der Waals surface area (Å²) in [5.41, 5.74) is 0.625. The number of hydrogen-bond acceptors (Lipinski definition) is 5. The SMILES string of the molecule is O=S(=O)(Nc1n[nH]c(C2CCC2)n1)c1cccc2ncccc12. The van der Waals surface area contributed by atoms with E-state index < -0.39 is 10.0 Å². The number of aromatic nitrogens is 4. The van der Waals surface area contributed by atoms with Gasteiger partial charge < -0.3 is 0 Å². The van der Waals surface area contributed by atoms with Gasteiger partial charge in [-0.05, 0) is 37.1 Å². The van der Waals surface area contributed by atoms with Crippen LogP contribution in [-0.4, -0.2) is 28.6 Å². The molecule has 1 aliphatic rings. The Morgan fingerprint density at radius 1 is 1.17 bits per heavy atom. The summed E-state index contributed by atoms with van der Waals surface area (Å²) in [6, 6.07) is 8.43. The number of sulfonamides is 1. The Hall–Kier alpha value is -2.48. The van der Waals surface area contributed by atoms with E-state index in [1.807, 2.05) is 0 Å². The molecule has 0 amide bonds. The number of pyridine rings is 1. The molecule has 0 radical (unpaired) electrons. The summed E-state index contributed by atoms with van der Waals surface area (Å²) in [4.78, 5) is 8.59. The Morgan fingerprint density at radius 3 is 2.83 bits per heavy atom.